The van der Waals surface area contributed by atoms with E-state index in [1.54, 1.807) is 0 Å². The van der Waals surface area contributed by atoms with Crippen molar-refractivity contribution in [3.63, 3.8) is 0 Å². The van der Waals surface area contributed by atoms with E-state index in [0.717, 1.165) is 13.0 Å². The van der Waals surface area contributed by atoms with Crippen LogP contribution in [0, 0.1) is 0 Å². The van der Waals surface area contributed by atoms with Gasteiger partial charge in [-0.25, -0.2) is 0 Å². The Bertz CT molecular complexity index is 132. The summed E-state index contributed by atoms with van der Waals surface area (Å²) in [5.41, 5.74) is 0. The summed E-state index contributed by atoms with van der Waals surface area (Å²) in [6.45, 7) is 13.0. The van der Waals surface area contributed by atoms with Gasteiger partial charge in [-0.15, -0.1) is 0 Å². The second-order valence-corrected chi connectivity index (χ2v) is 2.93. The molecule has 1 heterocycles. The molecule has 0 radical (unpaired) electrons. The number of carbonyl (C=O) groups is 1. The van der Waals surface area contributed by atoms with E-state index >= 15 is 0 Å². The Kier molecular flexibility index (Phi) is 26.5. The molecule has 1 aliphatic heterocycles. The van der Waals surface area contributed by atoms with Crippen molar-refractivity contribution in [1.29, 1.82) is 0 Å². The van der Waals surface area contributed by atoms with E-state index in [1.807, 2.05) is 41.5 Å². The molecule has 1 aliphatic rings. The molecule has 1 saturated heterocycles. The molecule has 0 aromatic rings. The summed E-state index contributed by atoms with van der Waals surface area (Å²) in [4.78, 5) is 10.8. The Labute approximate surface area is 108 Å². The molecule has 106 valence electrons. The molecule has 1 rings (SSSR count). The third kappa shape index (κ3) is 15.4. The van der Waals surface area contributed by atoms with Gasteiger partial charge in [0.2, 0.25) is 0 Å². The van der Waals surface area contributed by atoms with Crippen LogP contribution >= 0.6 is 0 Å². The van der Waals surface area contributed by atoms with Crippen LogP contribution in [0.1, 0.15) is 67.2 Å². The summed E-state index contributed by atoms with van der Waals surface area (Å²) in [6.07, 6.45) is 4.10. The SMILES string of the molecule is CC.CC.CC.COC(=O)CC1CCCCN1. The zero-order chi connectivity index (χ0) is 14.1. The molecule has 1 atom stereocenters. The second kappa shape index (κ2) is 20.8. The number of ether oxygens (including phenoxy) is 1. The van der Waals surface area contributed by atoms with Crippen LogP contribution in [-0.4, -0.2) is 25.7 Å². The van der Waals surface area contributed by atoms with Crippen LogP contribution in [-0.2, 0) is 9.53 Å². The highest BCUT2D eigenvalue weighted by atomic mass is 16.5. The minimum atomic E-state index is -0.107. The van der Waals surface area contributed by atoms with Crippen LogP contribution in [0.4, 0.5) is 0 Å². The zero-order valence-electron chi connectivity index (χ0n) is 12.9. The quantitative estimate of drug-likeness (QED) is 0.755. The van der Waals surface area contributed by atoms with Crippen molar-refractivity contribution >= 4 is 5.97 Å². The number of nitrogens with one attached hydrogen (secondary N) is 1. The summed E-state index contributed by atoms with van der Waals surface area (Å²) in [6, 6.07) is 0.358. The topological polar surface area (TPSA) is 38.3 Å². The highest BCUT2D eigenvalue weighted by Gasteiger charge is 2.15. The second-order valence-electron chi connectivity index (χ2n) is 2.93. The lowest BCUT2D eigenvalue weighted by molar-refractivity contribution is -0.141. The first-order chi connectivity index (χ1) is 8.33. The first-order valence-electron chi connectivity index (χ1n) is 7.13. The minimum Gasteiger partial charge on any atom is -0.469 e. The van der Waals surface area contributed by atoms with Gasteiger partial charge in [0.15, 0.2) is 0 Å². The van der Waals surface area contributed by atoms with Crippen molar-refractivity contribution in [3.05, 3.63) is 0 Å². The van der Waals surface area contributed by atoms with Crippen molar-refractivity contribution in [2.75, 3.05) is 13.7 Å². The normalized spacial score (nSPS) is 17.0. The van der Waals surface area contributed by atoms with Gasteiger partial charge < -0.3 is 10.1 Å². The van der Waals surface area contributed by atoms with E-state index < -0.39 is 0 Å². The lowest BCUT2D eigenvalue weighted by Gasteiger charge is -2.21. The predicted molar refractivity (Wildman–Crippen MR) is 76.3 cm³/mol. The summed E-state index contributed by atoms with van der Waals surface area (Å²) >= 11 is 0. The number of hydrogen-bond donors (Lipinski definition) is 1. The molecule has 0 aromatic carbocycles. The van der Waals surface area contributed by atoms with E-state index in [4.69, 9.17) is 0 Å². The number of methoxy groups -OCH3 is 1. The van der Waals surface area contributed by atoms with Crippen LogP contribution in [0.15, 0.2) is 0 Å². The Morgan fingerprint density at radius 3 is 2.00 bits per heavy atom. The Hall–Kier alpha value is -0.570. The maximum atomic E-state index is 10.8. The van der Waals surface area contributed by atoms with Crippen molar-refractivity contribution in [3.8, 4) is 0 Å². The highest BCUT2D eigenvalue weighted by Crippen LogP contribution is 2.09. The van der Waals surface area contributed by atoms with Crippen LogP contribution in [0.2, 0.25) is 0 Å². The van der Waals surface area contributed by atoms with Gasteiger partial charge in [0.1, 0.15) is 0 Å². The fraction of sp³-hybridized carbons (Fsp3) is 0.929. The molecule has 0 amide bonds. The molecular formula is C14H33NO2. The van der Waals surface area contributed by atoms with Gasteiger partial charge in [-0.1, -0.05) is 48.0 Å². The molecule has 0 spiro atoms. The predicted octanol–water partition coefficient (Wildman–Crippen LogP) is 3.77. The number of hydrogen-bond acceptors (Lipinski definition) is 3. The number of esters is 1. The number of piperidine rings is 1. The first-order valence-corrected chi connectivity index (χ1v) is 7.13. The van der Waals surface area contributed by atoms with E-state index in [0.29, 0.717) is 12.5 Å². The van der Waals surface area contributed by atoms with Crippen LogP contribution < -0.4 is 5.32 Å². The molecule has 1 unspecified atom stereocenters. The highest BCUT2D eigenvalue weighted by molar-refractivity contribution is 5.69. The van der Waals surface area contributed by atoms with Gasteiger partial charge in [-0.3, -0.25) is 4.79 Å². The fourth-order valence-corrected chi connectivity index (χ4v) is 1.38. The van der Waals surface area contributed by atoms with Crippen molar-refractivity contribution < 1.29 is 9.53 Å². The van der Waals surface area contributed by atoms with Crippen molar-refractivity contribution in [2.45, 2.75) is 73.3 Å². The standard InChI is InChI=1S/C8H15NO2.3C2H6/c1-11-8(10)6-7-4-2-3-5-9-7;3*1-2/h7,9H,2-6H2,1H3;3*1-2H3. The lowest BCUT2D eigenvalue weighted by Crippen LogP contribution is -2.35. The van der Waals surface area contributed by atoms with E-state index in [2.05, 4.69) is 10.1 Å². The minimum absolute atomic E-state index is 0.107. The van der Waals surface area contributed by atoms with Crippen LogP contribution in [0.25, 0.3) is 0 Å². The van der Waals surface area contributed by atoms with Crippen molar-refractivity contribution in [2.24, 2.45) is 0 Å². The summed E-state index contributed by atoms with van der Waals surface area (Å²) in [7, 11) is 1.44. The maximum absolute atomic E-state index is 10.8. The molecule has 0 bridgehead atoms. The molecule has 3 heteroatoms. The molecule has 0 aromatic heterocycles. The van der Waals surface area contributed by atoms with E-state index in [9.17, 15) is 4.79 Å². The van der Waals surface area contributed by atoms with E-state index in [1.165, 1.54) is 20.0 Å². The lowest BCUT2D eigenvalue weighted by atomic mass is 10.0. The molecule has 17 heavy (non-hydrogen) atoms. The summed E-state index contributed by atoms with van der Waals surface area (Å²) in [5.74, 6) is -0.107. The average Bonchev–Trinajstić information content (AvgIpc) is 2.46. The monoisotopic (exact) mass is 247 g/mol. The number of carbonyl (C=O) groups excluding carboxylic acids is 1. The smallest absolute Gasteiger partial charge is 0.307 e. The van der Waals surface area contributed by atoms with Gasteiger partial charge in [-0.2, -0.15) is 0 Å². The molecule has 0 saturated carbocycles. The summed E-state index contributed by atoms with van der Waals surface area (Å²) in [5, 5.41) is 3.28. The van der Waals surface area contributed by atoms with E-state index in [-0.39, 0.29) is 5.97 Å². The van der Waals surface area contributed by atoms with Crippen LogP contribution in [0.5, 0.6) is 0 Å². The molecule has 3 nitrogen and oxygen atoms in total. The van der Waals surface area contributed by atoms with Gasteiger partial charge in [0, 0.05) is 6.04 Å². The van der Waals surface area contributed by atoms with Gasteiger partial charge in [-0.05, 0) is 19.4 Å². The fourth-order valence-electron chi connectivity index (χ4n) is 1.38. The molecule has 1 N–H and O–H groups in total. The third-order valence-corrected chi connectivity index (χ3v) is 2.05. The Morgan fingerprint density at radius 1 is 1.12 bits per heavy atom. The molecular weight excluding hydrogens is 214 g/mol. The molecule has 0 aliphatic carbocycles. The zero-order valence-corrected chi connectivity index (χ0v) is 12.9. The van der Waals surface area contributed by atoms with Crippen molar-refractivity contribution in [1.82, 2.24) is 5.32 Å². The third-order valence-electron chi connectivity index (χ3n) is 2.05. The van der Waals surface area contributed by atoms with Gasteiger partial charge in [0.05, 0.1) is 13.5 Å². The molecule has 1 fully saturated rings. The largest absolute Gasteiger partial charge is 0.469 e. The summed E-state index contributed by atoms with van der Waals surface area (Å²) < 4.78 is 4.57. The van der Waals surface area contributed by atoms with Crippen LogP contribution in [0.3, 0.4) is 0 Å². The average molecular weight is 247 g/mol. The Balaban J connectivity index is -0.000000285. The maximum Gasteiger partial charge on any atom is 0.307 e. The first kappa shape index (κ1) is 21.7. The number of rotatable bonds is 2. The van der Waals surface area contributed by atoms with Gasteiger partial charge in [0.25, 0.3) is 0 Å². The van der Waals surface area contributed by atoms with Gasteiger partial charge >= 0.3 is 5.97 Å². The Morgan fingerprint density at radius 2 is 1.65 bits per heavy atom.